The van der Waals surface area contributed by atoms with Gasteiger partial charge in [0.1, 0.15) is 0 Å². The highest BCUT2D eigenvalue weighted by atomic mass is 16.7. The molecule has 0 aromatic carbocycles. The number of hydrogen-bond donors (Lipinski definition) is 0. The Morgan fingerprint density at radius 2 is 1.90 bits per heavy atom. The van der Waals surface area contributed by atoms with Crippen molar-refractivity contribution in [2.75, 3.05) is 27.3 Å². The third kappa shape index (κ3) is 2.37. The molecule has 0 unspecified atom stereocenters. The molecule has 1 heterocycles. The SMILES string of the molecule is CN(C)C=CC1OCCO1. The fourth-order valence-electron chi connectivity index (χ4n) is 0.730. The Balaban J connectivity index is 2.23. The molecule has 1 saturated heterocycles. The van der Waals surface area contributed by atoms with Crippen LogP contribution in [0.2, 0.25) is 0 Å². The molecule has 0 amide bonds. The van der Waals surface area contributed by atoms with Crippen molar-refractivity contribution < 1.29 is 9.47 Å². The number of hydrogen-bond acceptors (Lipinski definition) is 3. The van der Waals surface area contributed by atoms with Crippen molar-refractivity contribution in [1.29, 1.82) is 0 Å². The zero-order chi connectivity index (χ0) is 7.40. The van der Waals surface area contributed by atoms with Gasteiger partial charge in [0.2, 0.25) is 0 Å². The van der Waals surface area contributed by atoms with Crippen molar-refractivity contribution >= 4 is 0 Å². The van der Waals surface area contributed by atoms with E-state index in [1.54, 1.807) is 0 Å². The summed E-state index contributed by atoms with van der Waals surface area (Å²) in [6.45, 7) is 1.42. The molecule has 0 radical (unpaired) electrons. The van der Waals surface area contributed by atoms with E-state index in [0.717, 1.165) is 0 Å². The molecule has 0 saturated carbocycles. The molecule has 0 aromatic heterocycles. The Morgan fingerprint density at radius 3 is 2.40 bits per heavy atom. The molecule has 3 heteroatoms. The highest BCUT2D eigenvalue weighted by molar-refractivity contribution is 4.84. The normalized spacial score (nSPS) is 20.6. The molecule has 1 rings (SSSR count). The monoisotopic (exact) mass is 143 g/mol. The van der Waals surface area contributed by atoms with Crippen LogP contribution in [0.5, 0.6) is 0 Å². The summed E-state index contributed by atoms with van der Waals surface area (Å²) in [5.41, 5.74) is 0. The topological polar surface area (TPSA) is 21.7 Å². The standard InChI is InChI=1S/C7H13NO2/c1-8(2)4-3-7-9-5-6-10-7/h3-4,7H,5-6H2,1-2H3. The molecular weight excluding hydrogens is 130 g/mol. The van der Waals surface area contributed by atoms with Crippen molar-refractivity contribution in [2.45, 2.75) is 6.29 Å². The summed E-state index contributed by atoms with van der Waals surface area (Å²) in [6.07, 6.45) is 3.70. The second kappa shape index (κ2) is 3.58. The second-order valence-corrected chi connectivity index (χ2v) is 2.42. The maximum atomic E-state index is 5.17. The van der Waals surface area contributed by atoms with Crippen LogP contribution < -0.4 is 0 Å². The van der Waals surface area contributed by atoms with Gasteiger partial charge in [-0.1, -0.05) is 0 Å². The molecule has 1 aliphatic rings. The zero-order valence-electron chi connectivity index (χ0n) is 6.41. The van der Waals surface area contributed by atoms with Gasteiger partial charge < -0.3 is 14.4 Å². The van der Waals surface area contributed by atoms with Crippen molar-refractivity contribution in [2.24, 2.45) is 0 Å². The second-order valence-electron chi connectivity index (χ2n) is 2.42. The van der Waals surface area contributed by atoms with E-state index in [9.17, 15) is 0 Å². The van der Waals surface area contributed by atoms with Gasteiger partial charge in [0.05, 0.1) is 13.2 Å². The van der Waals surface area contributed by atoms with Gasteiger partial charge >= 0.3 is 0 Å². The van der Waals surface area contributed by atoms with Crippen LogP contribution in [0.3, 0.4) is 0 Å². The Bertz CT molecular complexity index is 117. The van der Waals surface area contributed by atoms with E-state index in [4.69, 9.17) is 9.47 Å². The summed E-state index contributed by atoms with van der Waals surface area (Å²) in [5, 5.41) is 0. The summed E-state index contributed by atoms with van der Waals surface area (Å²) >= 11 is 0. The Hall–Kier alpha value is -0.540. The van der Waals surface area contributed by atoms with E-state index in [-0.39, 0.29) is 6.29 Å². The van der Waals surface area contributed by atoms with Gasteiger partial charge in [0.25, 0.3) is 0 Å². The minimum absolute atomic E-state index is 0.123. The molecule has 58 valence electrons. The van der Waals surface area contributed by atoms with E-state index in [2.05, 4.69) is 0 Å². The summed E-state index contributed by atoms with van der Waals surface area (Å²) in [5.74, 6) is 0. The minimum Gasteiger partial charge on any atom is -0.384 e. The molecule has 0 N–H and O–H groups in total. The van der Waals surface area contributed by atoms with Crippen LogP contribution >= 0.6 is 0 Å². The van der Waals surface area contributed by atoms with Gasteiger partial charge in [-0.05, 0) is 12.3 Å². The Morgan fingerprint density at radius 1 is 1.30 bits per heavy atom. The first-order valence-corrected chi connectivity index (χ1v) is 3.37. The molecule has 0 aliphatic carbocycles. The quantitative estimate of drug-likeness (QED) is 0.559. The first-order valence-electron chi connectivity index (χ1n) is 3.37. The van der Waals surface area contributed by atoms with Gasteiger partial charge in [-0.25, -0.2) is 0 Å². The van der Waals surface area contributed by atoms with Gasteiger partial charge in [-0.2, -0.15) is 0 Å². The lowest BCUT2D eigenvalue weighted by Crippen LogP contribution is -2.07. The molecule has 1 fully saturated rings. The first-order chi connectivity index (χ1) is 4.79. The minimum atomic E-state index is -0.123. The predicted molar refractivity (Wildman–Crippen MR) is 38.5 cm³/mol. The zero-order valence-corrected chi connectivity index (χ0v) is 6.41. The number of ether oxygens (including phenoxy) is 2. The number of nitrogens with zero attached hydrogens (tertiary/aromatic N) is 1. The van der Waals surface area contributed by atoms with Crippen LogP contribution in [0, 0.1) is 0 Å². The van der Waals surface area contributed by atoms with Crippen LogP contribution in [-0.4, -0.2) is 38.5 Å². The van der Waals surface area contributed by atoms with Gasteiger partial charge in [-0.3, -0.25) is 0 Å². The lowest BCUT2D eigenvalue weighted by molar-refractivity contribution is -0.00227. The van der Waals surface area contributed by atoms with Crippen LogP contribution in [0.25, 0.3) is 0 Å². The summed E-state index contributed by atoms with van der Waals surface area (Å²) < 4.78 is 10.3. The Kier molecular flexibility index (Phi) is 2.71. The van der Waals surface area contributed by atoms with E-state index < -0.39 is 0 Å². The third-order valence-electron chi connectivity index (χ3n) is 1.19. The summed E-state index contributed by atoms with van der Waals surface area (Å²) in [7, 11) is 3.93. The molecular formula is C7H13NO2. The van der Waals surface area contributed by atoms with Crippen molar-refractivity contribution in [3.05, 3.63) is 12.3 Å². The smallest absolute Gasteiger partial charge is 0.178 e. The largest absolute Gasteiger partial charge is 0.384 e. The maximum Gasteiger partial charge on any atom is 0.178 e. The third-order valence-corrected chi connectivity index (χ3v) is 1.19. The van der Waals surface area contributed by atoms with Gasteiger partial charge in [0, 0.05) is 14.1 Å². The molecule has 0 spiro atoms. The Labute approximate surface area is 61.2 Å². The molecule has 1 aliphatic heterocycles. The van der Waals surface area contributed by atoms with Crippen LogP contribution in [0.4, 0.5) is 0 Å². The molecule has 3 nitrogen and oxygen atoms in total. The summed E-state index contributed by atoms with van der Waals surface area (Å²) in [4.78, 5) is 1.95. The van der Waals surface area contributed by atoms with Crippen molar-refractivity contribution in [3.63, 3.8) is 0 Å². The van der Waals surface area contributed by atoms with Crippen LogP contribution in [0.1, 0.15) is 0 Å². The molecule has 0 aromatic rings. The fraction of sp³-hybridized carbons (Fsp3) is 0.714. The molecule has 10 heavy (non-hydrogen) atoms. The van der Waals surface area contributed by atoms with Crippen molar-refractivity contribution in [3.8, 4) is 0 Å². The predicted octanol–water partition coefficient (Wildman–Crippen LogP) is 0.435. The average Bonchev–Trinajstić information content (AvgIpc) is 2.34. The van der Waals surface area contributed by atoms with E-state index >= 15 is 0 Å². The van der Waals surface area contributed by atoms with Gasteiger partial charge in [-0.15, -0.1) is 0 Å². The highest BCUT2D eigenvalue weighted by Crippen LogP contribution is 2.04. The van der Waals surface area contributed by atoms with E-state index in [1.165, 1.54) is 0 Å². The molecule has 0 atom stereocenters. The van der Waals surface area contributed by atoms with E-state index in [1.807, 2.05) is 31.3 Å². The summed E-state index contributed by atoms with van der Waals surface area (Å²) in [6, 6.07) is 0. The van der Waals surface area contributed by atoms with Gasteiger partial charge in [0.15, 0.2) is 6.29 Å². The number of rotatable bonds is 2. The fourth-order valence-corrected chi connectivity index (χ4v) is 0.730. The lowest BCUT2D eigenvalue weighted by Gasteiger charge is -2.06. The van der Waals surface area contributed by atoms with Crippen molar-refractivity contribution in [1.82, 2.24) is 4.90 Å². The average molecular weight is 143 g/mol. The maximum absolute atomic E-state index is 5.17. The molecule has 0 bridgehead atoms. The highest BCUT2D eigenvalue weighted by Gasteiger charge is 2.11. The van der Waals surface area contributed by atoms with Crippen LogP contribution in [-0.2, 0) is 9.47 Å². The van der Waals surface area contributed by atoms with E-state index in [0.29, 0.717) is 13.2 Å². The lowest BCUT2D eigenvalue weighted by atomic mass is 10.6. The van der Waals surface area contributed by atoms with Crippen LogP contribution in [0.15, 0.2) is 12.3 Å². The first kappa shape index (κ1) is 7.57.